The van der Waals surface area contributed by atoms with Gasteiger partial charge in [0.2, 0.25) is 5.91 Å². The number of phenols is 1. The minimum absolute atomic E-state index is 0.0641. The molecule has 1 amide bonds. The van der Waals surface area contributed by atoms with Gasteiger partial charge in [-0.3, -0.25) is 9.69 Å². The second-order valence-corrected chi connectivity index (χ2v) is 7.15. The van der Waals surface area contributed by atoms with Crippen LogP contribution in [0.25, 0.3) is 0 Å². The van der Waals surface area contributed by atoms with Crippen molar-refractivity contribution in [2.45, 2.75) is 12.2 Å². The SMILES string of the molecule is Cc1cccc(NCC2SC(=S)N(c3cccc(O)c3)C2=O)c1. The zero-order valence-electron chi connectivity index (χ0n) is 12.5. The molecule has 23 heavy (non-hydrogen) atoms. The van der Waals surface area contributed by atoms with E-state index in [0.717, 1.165) is 11.3 Å². The Bertz CT molecular complexity index is 764. The molecular weight excluding hydrogens is 328 g/mol. The normalized spacial score (nSPS) is 17.6. The molecule has 3 rings (SSSR count). The Hall–Kier alpha value is -2.05. The quantitative estimate of drug-likeness (QED) is 0.831. The molecule has 1 unspecified atom stereocenters. The van der Waals surface area contributed by atoms with E-state index < -0.39 is 0 Å². The molecule has 6 heteroatoms. The van der Waals surface area contributed by atoms with Crippen molar-refractivity contribution in [2.75, 3.05) is 16.8 Å². The van der Waals surface area contributed by atoms with Crippen molar-refractivity contribution in [3.05, 3.63) is 54.1 Å². The van der Waals surface area contributed by atoms with Gasteiger partial charge in [-0.25, -0.2) is 0 Å². The van der Waals surface area contributed by atoms with E-state index in [1.54, 1.807) is 24.3 Å². The number of thiocarbonyl (C=S) groups is 1. The first-order valence-corrected chi connectivity index (χ1v) is 8.47. The molecule has 0 aliphatic carbocycles. The fraction of sp³-hybridized carbons (Fsp3) is 0.176. The van der Waals surface area contributed by atoms with Crippen molar-refractivity contribution in [1.29, 1.82) is 0 Å². The molecule has 1 heterocycles. The molecule has 0 spiro atoms. The lowest BCUT2D eigenvalue weighted by atomic mass is 10.2. The third-order valence-electron chi connectivity index (χ3n) is 3.52. The van der Waals surface area contributed by atoms with E-state index in [-0.39, 0.29) is 16.9 Å². The van der Waals surface area contributed by atoms with Crippen molar-refractivity contribution < 1.29 is 9.90 Å². The molecule has 0 bridgehead atoms. The first kappa shape index (κ1) is 15.8. The number of anilines is 2. The summed E-state index contributed by atoms with van der Waals surface area (Å²) in [4.78, 5) is 14.1. The number of carbonyl (C=O) groups excluding carboxylic acids is 1. The van der Waals surface area contributed by atoms with Gasteiger partial charge in [-0.05, 0) is 36.8 Å². The summed E-state index contributed by atoms with van der Waals surface area (Å²) in [5, 5.41) is 12.6. The van der Waals surface area contributed by atoms with Gasteiger partial charge >= 0.3 is 0 Å². The van der Waals surface area contributed by atoms with Gasteiger partial charge in [0.05, 0.1) is 5.69 Å². The number of thioether (sulfide) groups is 1. The Kier molecular flexibility index (Phi) is 4.54. The maximum atomic E-state index is 12.6. The average Bonchev–Trinajstić information content (AvgIpc) is 2.79. The second kappa shape index (κ2) is 6.60. The summed E-state index contributed by atoms with van der Waals surface area (Å²) < 4.78 is 0.511. The van der Waals surface area contributed by atoms with Crippen molar-refractivity contribution in [3.8, 4) is 5.75 Å². The molecule has 118 valence electrons. The van der Waals surface area contributed by atoms with Gasteiger partial charge in [0.15, 0.2) is 0 Å². The molecule has 1 atom stereocenters. The minimum atomic E-state index is -0.273. The molecule has 1 fully saturated rings. The maximum Gasteiger partial charge on any atom is 0.247 e. The molecule has 0 aromatic heterocycles. The van der Waals surface area contributed by atoms with E-state index in [1.807, 2.05) is 31.2 Å². The van der Waals surface area contributed by atoms with Crippen molar-refractivity contribution in [1.82, 2.24) is 0 Å². The molecule has 0 saturated carbocycles. The predicted molar refractivity (Wildman–Crippen MR) is 99.2 cm³/mol. The lowest BCUT2D eigenvalue weighted by Gasteiger charge is -2.16. The molecule has 2 aromatic rings. The summed E-state index contributed by atoms with van der Waals surface area (Å²) >= 11 is 6.70. The average molecular weight is 344 g/mol. The summed E-state index contributed by atoms with van der Waals surface area (Å²) in [6.45, 7) is 2.53. The van der Waals surface area contributed by atoms with Crippen LogP contribution in [0.4, 0.5) is 11.4 Å². The number of rotatable bonds is 4. The van der Waals surface area contributed by atoms with Crippen LogP contribution in [0.3, 0.4) is 0 Å². The van der Waals surface area contributed by atoms with Crippen LogP contribution in [-0.4, -0.2) is 27.1 Å². The monoisotopic (exact) mass is 344 g/mol. The van der Waals surface area contributed by atoms with Crippen LogP contribution in [0.15, 0.2) is 48.5 Å². The first-order chi connectivity index (χ1) is 11.0. The third-order valence-corrected chi connectivity index (χ3v) is 5.03. The fourth-order valence-electron chi connectivity index (χ4n) is 2.42. The largest absolute Gasteiger partial charge is 0.508 e. The maximum absolute atomic E-state index is 12.6. The lowest BCUT2D eigenvalue weighted by Crippen LogP contribution is -2.33. The fourth-order valence-corrected chi connectivity index (χ4v) is 3.88. The smallest absolute Gasteiger partial charge is 0.247 e. The number of amides is 1. The number of benzene rings is 2. The molecule has 1 saturated heterocycles. The number of hydrogen-bond donors (Lipinski definition) is 2. The van der Waals surface area contributed by atoms with E-state index in [2.05, 4.69) is 5.32 Å². The summed E-state index contributed by atoms with van der Waals surface area (Å²) in [6, 6.07) is 14.6. The Balaban J connectivity index is 1.71. The molecule has 4 nitrogen and oxygen atoms in total. The van der Waals surface area contributed by atoms with Crippen molar-refractivity contribution in [3.63, 3.8) is 0 Å². The minimum Gasteiger partial charge on any atom is -0.508 e. The predicted octanol–water partition coefficient (Wildman–Crippen LogP) is 3.55. The zero-order chi connectivity index (χ0) is 16.4. The number of hydrogen-bond acceptors (Lipinski definition) is 5. The molecule has 2 N–H and O–H groups in total. The zero-order valence-corrected chi connectivity index (χ0v) is 14.2. The second-order valence-electron chi connectivity index (χ2n) is 5.32. The lowest BCUT2D eigenvalue weighted by molar-refractivity contribution is -0.116. The number of nitrogens with zero attached hydrogens (tertiary/aromatic N) is 1. The van der Waals surface area contributed by atoms with Crippen molar-refractivity contribution in [2.24, 2.45) is 0 Å². The van der Waals surface area contributed by atoms with E-state index in [9.17, 15) is 9.90 Å². The molecule has 2 aromatic carbocycles. The van der Waals surface area contributed by atoms with Gasteiger partial charge in [-0.1, -0.05) is 42.2 Å². The number of carbonyl (C=O) groups is 1. The van der Waals surface area contributed by atoms with Crippen LogP contribution < -0.4 is 10.2 Å². The summed E-state index contributed by atoms with van der Waals surface area (Å²) in [6.07, 6.45) is 0. The standard InChI is InChI=1S/C17H16N2O2S2/c1-11-4-2-5-12(8-11)18-10-15-16(21)19(17(22)23-15)13-6-3-7-14(20)9-13/h2-9,15,18,20H,10H2,1H3. The van der Waals surface area contributed by atoms with Gasteiger partial charge < -0.3 is 10.4 Å². The Labute approximate surface area is 144 Å². The van der Waals surface area contributed by atoms with Crippen LogP contribution in [0.2, 0.25) is 0 Å². The van der Waals surface area contributed by atoms with E-state index in [0.29, 0.717) is 16.6 Å². The number of aromatic hydroxyl groups is 1. The molecule has 1 aliphatic rings. The highest BCUT2D eigenvalue weighted by atomic mass is 32.2. The number of aryl methyl sites for hydroxylation is 1. The highest BCUT2D eigenvalue weighted by Gasteiger charge is 2.37. The Morgan fingerprint density at radius 3 is 2.78 bits per heavy atom. The number of nitrogens with one attached hydrogen (secondary N) is 1. The summed E-state index contributed by atoms with van der Waals surface area (Å²) in [7, 11) is 0. The highest BCUT2D eigenvalue weighted by molar-refractivity contribution is 8.25. The van der Waals surface area contributed by atoms with Gasteiger partial charge in [0, 0.05) is 18.3 Å². The van der Waals surface area contributed by atoms with Crippen LogP contribution in [0, 0.1) is 6.92 Å². The molecule has 1 aliphatic heterocycles. The Morgan fingerprint density at radius 2 is 2.04 bits per heavy atom. The van der Waals surface area contributed by atoms with E-state index in [1.165, 1.54) is 16.7 Å². The summed E-state index contributed by atoms with van der Waals surface area (Å²) in [5.74, 6) is 0.0511. The van der Waals surface area contributed by atoms with Gasteiger partial charge in [-0.15, -0.1) is 0 Å². The highest BCUT2D eigenvalue weighted by Crippen LogP contribution is 2.33. The number of phenolic OH excluding ortho intramolecular Hbond substituents is 1. The van der Waals surface area contributed by atoms with E-state index in [4.69, 9.17) is 12.2 Å². The third kappa shape index (κ3) is 3.48. The van der Waals surface area contributed by atoms with Crippen LogP contribution in [-0.2, 0) is 4.79 Å². The van der Waals surface area contributed by atoms with Crippen LogP contribution >= 0.6 is 24.0 Å². The molecule has 0 radical (unpaired) electrons. The van der Waals surface area contributed by atoms with Crippen molar-refractivity contribution >= 4 is 45.6 Å². The van der Waals surface area contributed by atoms with Crippen LogP contribution in [0.1, 0.15) is 5.56 Å². The van der Waals surface area contributed by atoms with Gasteiger partial charge in [-0.2, -0.15) is 0 Å². The first-order valence-electron chi connectivity index (χ1n) is 7.19. The molecular formula is C17H16N2O2S2. The summed E-state index contributed by atoms with van der Waals surface area (Å²) in [5.41, 5.74) is 2.75. The van der Waals surface area contributed by atoms with Gasteiger partial charge in [0.25, 0.3) is 0 Å². The Morgan fingerprint density at radius 1 is 1.26 bits per heavy atom. The van der Waals surface area contributed by atoms with E-state index >= 15 is 0 Å². The van der Waals surface area contributed by atoms with Gasteiger partial charge in [0.1, 0.15) is 15.3 Å². The topological polar surface area (TPSA) is 52.6 Å². The van der Waals surface area contributed by atoms with Crippen LogP contribution in [0.5, 0.6) is 5.75 Å².